The highest BCUT2D eigenvalue weighted by atomic mass is 19.3. The Labute approximate surface area is 97.6 Å². The van der Waals surface area contributed by atoms with Crippen LogP contribution < -0.4 is 10.5 Å². The number of rotatable bonds is 3. The third-order valence-corrected chi connectivity index (χ3v) is 3.33. The smallest absolute Gasteiger partial charge is 0.250 e. The number of methoxy groups -OCH3 is 1. The molecule has 1 saturated carbocycles. The molecule has 17 heavy (non-hydrogen) atoms. The summed E-state index contributed by atoms with van der Waals surface area (Å²) in [5.74, 6) is -3.24. The van der Waals surface area contributed by atoms with E-state index in [0.29, 0.717) is 5.56 Å². The van der Waals surface area contributed by atoms with Gasteiger partial charge in [0.1, 0.15) is 0 Å². The Morgan fingerprint density at radius 2 is 2.00 bits per heavy atom. The van der Waals surface area contributed by atoms with Crippen molar-refractivity contribution in [1.82, 2.24) is 0 Å². The van der Waals surface area contributed by atoms with Gasteiger partial charge in [-0.15, -0.1) is 0 Å². The number of hydrogen-bond donors (Lipinski definition) is 1. The second kappa shape index (κ2) is 3.91. The van der Waals surface area contributed by atoms with Crippen LogP contribution in [0.25, 0.3) is 0 Å². The molecule has 5 heteroatoms. The highest BCUT2D eigenvalue weighted by Gasteiger charge is 2.57. The standard InChI is InChI=1S/C12H14F3NO/c1-17-10-8(3-2-4-9(10)13)11(7-16)5-12(14,15)6-11/h2-4H,5-7,16H2,1H3. The Morgan fingerprint density at radius 3 is 2.47 bits per heavy atom. The van der Waals surface area contributed by atoms with Gasteiger partial charge in [-0.1, -0.05) is 12.1 Å². The highest BCUT2D eigenvalue weighted by molar-refractivity contribution is 5.43. The first-order valence-corrected chi connectivity index (χ1v) is 5.35. The SMILES string of the molecule is COc1c(F)cccc1C1(CN)CC(F)(F)C1. The molecule has 1 aliphatic carbocycles. The first-order chi connectivity index (χ1) is 7.94. The molecule has 2 nitrogen and oxygen atoms in total. The van der Waals surface area contributed by atoms with Crippen molar-refractivity contribution >= 4 is 0 Å². The van der Waals surface area contributed by atoms with E-state index in [1.807, 2.05) is 0 Å². The highest BCUT2D eigenvalue weighted by Crippen LogP contribution is 2.54. The molecule has 2 N–H and O–H groups in total. The lowest BCUT2D eigenvalue weighted by atomic mass is 9.62. The van der Waals surface area contributed by atoms with Gasteiger partial charge >= 0.3 is 0 Å². The predicted molar refractivity (Wildman–Crippen MR) is 57.9 cm³/mol. The number of benzene rings is 1. The van der Waals surface area contributed by atoms with Crippen LogP contribution in [0.4, 0.5) is 13.2 Å². The Kier molecular flexibility index (Phi) is 2.81. The van der Waals surface area contributed by atoms with E-state index in [4.69, 9.17) is 10.5 Å². The van der Waals surface area contributed by atoms with E-state index in [-0.39, 0.29) is 25.1 Å². The molecule has 0 spiro atoms. The second-order valence-corrected chi connectivity index (χ2v) is 4.51. The Balaban J connectivity index is 2.43. The van der Waals surface area contributed by atoms with Crippen LogP contribution in [0, 0.1) is 5.82 Å². The second-order valence-electron chi connectivity index (χ2n) is 4.51. The molecular weight excluding hydrogens is 231 g/mol. The fourth-order valence-corrected chi connectivity index (χ4v) is 2.52. The Bertz CT molecular complexity index is 426. The lowest BCUT2D eigenvalue weighted by Crippen LogP contribution is -2.53. The average molecular weight is 245 g/mol. The number of para-hydroxylation sites is 1. The zero-order valence-corrected chi connectivity index (χ0v) is 9.47. The van der Waals surface area contributed by atoms with Gasteiger partial charge in [-0.05, 0) is 6.07 Å². The monoisotopic (exact) mass is 245 g/mol. The van der Waals surface area contributed by atoms with Crippen molar-refractivity contribution < 1.29 is 17.9 Å². The Morgan fingerprint density at radius 1 is 1.35 bits per heavy atom. The van der Waals surface area contributed by atoms with Crippen molar-refractivity contribution in [3.63, 3.8) is 0 Å². The van der Waals surface area contributed by atoms with Crippen molar-refractivity contribution in [2.24, 2.45) is 5.73 Å². The van der Waals surface area contributed by atoms with E-state index in [0.717, 1.165) is 0 Å². The molecule has 0 saturated heterocycles. The molecule has 1 fully saturated rings. The summed E-state index contributed by atoms with van der Waals surface area (Å²) in [6.07, 6.45) is -0.702. The Hall–Kier alpha value is -1.23. The fraction of sp³-hybridized carbons (Fsp3) is 0.500. The van der Waals surface area contributed by atoms with E-state index in [1.54, 1.807) is 6.07 Å². The van der Waals surface area contributed by atoms with Gasteiger partial charge in [0.2, 0.25) is 5.92 Å². The van der Waals surface area contributed by atoms with Gasteiger partial charge < -0.3 is 10.5 Å². The summed E-state index contributed by atoms with van der Waals surface area (Å²) in [5, 5.41) is 0. The normalized spacial score (nSPS) is 20.8. The van der Waals surface area contributed by atoms with Crippen LogP contribution in [0.5, 0.6) is 5.75 Å². The van der Waals surface area contributed by atoms with Gasteiger partial charge in [0.25, 0.3) is 0 Å². The summed E-state index contributed by atoms with van der Waals surface area (Å²) >= 11 is 0. The molecule has 0 amide bonds. The van der Waals surface area contributed by atoms with Crippen LogP contribution in [0.2, 0.25) is 0 Å². The van der Waals surface area contributed by atoms with Gasteiger partial charge in [-0.25, -0.2) is 13.2 Å². The van der Waals surface area contributed by atoms with Crippen molar-refractivity contribution in [2.45, 2.75) is 24.2 Å². The topological polar surface area (TPSA) is 35.2 Å². The van der Waals surface area contributed by atoms with Crippen LogP contribution in [-0.2, 0) is 5.41 Å². The number of ether oxygens (including phenoxy) is 1. The average Bonchev–Trinajstić information content (AvgIpc) is 2.25. The number of alkyl halides is 2. The van der Waals surface area contributed by atoms with Gasteiger partial charge in [-0.2, -0.15) is 0 Å². The molecule has 0 bridgehead atoms. The van der Waals surface area contributed by atoms with Crippen LogP contribution in [-0.4, -0.2) is 19.6 Å². The lowest BCUT2D eigenvalue weighted by Gasteiger charge is -2.47. The zero-order chi connectivity index (χ0) is 12.7. The number of hydrogen-bond acceptors (Lipinski definition) is 2. The molecule has 1 aromatic rings. The minimum absolute atomic E-state index is 0.0217. The first-order valence-electron chi connectivity index (χ1n) is 5.35. The summed E-state index contributed by atoms with van der Waals surface area (Å²) in [4.78, 5) is 0. The van der Waals surface area contributed by atoms with Crippen molar-refractivity contribution in [3.8, 4) is 5.75 Å². The maximum absolute atomic E-state index is 13.5. The molecule has 0 atom stereocenters. The summed E-state index contributed by atoms with van der Waals surface area (Å²) in [6, 6.07) is 4.33. The van der Waals surface area contributed by atoms with Crippen LogP contribution in [0.1, 0.15) is 18.4 Å². The number of nitrogens with two attached hydrogens (primary N) is 1. The molecule has 2 rings (SSSR count). The third kappa shape index (κ3) is 1.88. The molecule has 1 aromatic carbocycles. The predicted octanol–water partition coefficient (Wildman–Crippen LogP) is 2.46. The maximum Gasteiger partial charge on any atom is 0.250 e. The lowest BCUT2D eigenvalue weighted by molar-refractivity contribution is -0.124. The maximum atomic E-state index is 13.5. The van der Waals surface area contributed by atoms with Crippen LogP contribution in [0.15, 0.2) is 18.2 Å². The van der Waals surface area contributed by atoms with E-state index < -0.39 is 17.2 Å². The molecule has 0 aliphatic heterocycles. The van der Waals surface area contributed by atoms with E-state index >= 15 is 0 Å². The van der Waals surface area contributed by atoms with Crippen molar-refractivity contribution in [3.05, 3.63) is 29.6 Å². The fourth-order valence-electron chi connectivity index (χ4n) is 2.52. The summed E-state index contributed by atoms with van der Waals surface area (Å²) in [5.41, 5.74) is 5.16. The van der Waals surface area contributed by atoms with E-state index in [2.05, 4.69) is 0 Å². The molecule has 0 heterocycles. The molecule has 1 aliphatic rings. The number of halogens is 3. The zero-order valence-electron chi connectivity index (χ0n) is 9.47. The summed E-state index contributed by atoms with van der Waals surface area (Å²) in [6.45, 7) is 0.0579. The van der Waals surface area contributed by atoms with E-state index in [1.165, 1.54) is 19.2 Å². The quantitative estimate of drug-likeness (QED) is 0.887. The third-order valence-electron chi connectivity index (χ3n) is 3.33. The minimum Gasteiger partial charge on any atom is -0.493 e. The molecular formula is C12H14F3NO. The molecule has 0 aromatic heterocycles. The van der Waals surface area contributed by atoms with Gasteiger partial charge in [0, 0.05) is 30.4 Å². The van der Waals surface area contributed by atoms with Crippen molar-refractivity contribution in [2.75, 3.05) is 13.7 Å². The minimum atomic E-state index is -2.71. The van der Waals surface area contributed by atoms with Crippen LogP contribution in [0.3, 0.4) is 0 Å². The largest absolute Gasteiger partial charge is 0.493 e. The first kappa shape index (κ1) is 12.2. The van der Waals surface area contributed by atoms with Gasteiger partial charge in [0.15, 0.2) is 11.6 Å². The van der Waals surface area contributed by atoms with Gasteiger partial charge in [0.05, 0.1) is 7.11 Å². The molecule has 94 valence electrons. The molecule has 0 radical (unpaired) electrons. The van der Waals surface area contributed by atoms with Crippen molar-refractivity contribution in [1.29, 1.82) is 0 Å². The molecule has 0 unspecified atom stereocenters. The van der Waals surface area contributed by atoms with E-state index in [9.17, 15) is 13.2 Å². The summed E-state index contributed by atoms with van der Waals surface area (Å²) < 4.78 is 44.6. The van der Waals surface area contributed by atoms with Gasteiger partial charge in [-0.3, -0.25) is 0 Å². The summed E-state index contributed by atoms with van der Waals surface area (Å²) in [7, 11) is 1.32. The van der Waals surface area contributed by atoms with Crippen LogP contribution >= 0.6 is 0 Å².